The smallest absolute Gasteiger partial charge is 0.321 e. The van der Waals surface area contributed by atoms with Gasteiger partial charge in [0.05, 0.1) is 0 Å². The molecule has 2 aliphatic rings. The number of benzene rings is 1. The van der Waals surface area contributed by atoms with Crippen molar-refractivity contribution in [3.63, 3.8) is 0 Å². The zero-order valence-corrected chi connectivity index (χ0v) is 16.0. The molecular weight excluding hydrogens is 338 g/mol. The number of hydrogen-bond donors (Lipinski definition) is 1. The van der Waals surface area contributed by atoms with Gasteiger partial charge in [0.1, 0.15) is 0 Å². The Bertz CT molecular complexity index is 724. The quantitative estimate of drug-likeness (QED) is 0.818. The van der Waals surface area contributed by atoms with Crippen LogP contribution in [0.2, 0.25) is 0 Å². The lowest BCUT2D eigenvalue weighted by Gasteiger charge is -2.22. The van der Waals surface area contributed by atoms with Gasteiger partial charge in [-0.05, 0) is 42.0 Å². The predicted octanol–water partition coefficient (Wildman–Crippen LogP) is 4.23. The van der Waals surface area contributed by atoms with E-state index in [4.69, 9.17) is 0 Å². The number of anilines is 1. The number of nitrogens with one attached hydrogen (secondary N) is 1. The van der Waals surface area contributed by atoms with Gasteiger partial charge in [-0.25, -0.2) is 4.79 Å². The first-order valence-corrected chi connectivity index (χ1v) is 9.83. The molecule has 5 nitrogen and oxygen atoms in total. The highest BCUT2D eigenvalue weighted by atomic mass is 16.2. The lowest BCUT2D eigenvalue weighted by molar-refractivity contribution is -0.131. The maximum Gasteiger partial charge on any atom is 0.321 e. The van der Waals surface area contributed by atoms with E-state index < -0.39 is 0 Å². The second-order valence-corrected chi connectivity index (χ2v) is 7.39. The maximum atomic E-state index is 12.6. The molecule has 1 N–H and O–H groups in total. The number of amides is 3. The van der Waals surface area contributed by atoms with E-state index in [0.29, 0.717) is 26.1 Å². The molecule has 3 amide bonds. The Hall–Kier alpha value is -2.56. The van der Waals surface area contributed by atoms with Crippen LogP contribution in [0.1, 0.15) is 43.2 Å². The second-order valence-electron chi connectivity index (χ2n) is 7.39. The topological polar surface area (TPSA) is 52.7 Å². The fourth-order valence-electron chi connectivity index (χ4n) is 3.48. The average Bonchev–Trinajstić information content (AvgIpc) is 3.52. The molecule has 0 bridgehead atoms. The molecule has 1 aliphatic carbocycles. The highest BCUT2D eigenvalue weighted by Gasteiger charge is 2.25. The standard InChI is InChI=1S/C22H29N3O2/c1-3-18-9-10-20(16-19(18)4-2)23-22(27)25-13-5-12-24(14-15-25)21(26)11-8-17-6-7-17/h3-4,9-10,16-17H,1-2,5-8,11-15H2,(H,23,27). The van der Waals surface area contributed by atoms with Crippen molar-refractivity contribution in [1.82, 2.24) is 9.80 Å². The Morgan fingerprint density at radius 1 is 1.04 bits per heavy atom. The largest absolute Gasteiger partial charge is 0.341 e. The molecular formula is C22H29N3O2. The third-order valence-electron chi connectivity index (χ3n) is 5.38. The average molecular weight is 367 g/mol. The van der Waals surface area contributed by atoms with E-state index in [1.165, 1.54) is 12.8 Å². The third-order valence-corrected chi connectivity index (χ3v) is 5.38. The van der Waals surface area contributed by atoms with Gasteiger partial charge in [0.2, 0.25) is 5.91 Å². The van der Waals surface area contributed by atoms with Gasteiger partial charge in [-0.2, -0.15) is 0 Å². The summed E-state index contributed by atoms with van der Waals surface area (Å²) in [5.41, 5.74) is 2.66. The molecule has 1 aromatic carbocycles. The SMILES string of the molecule is C=Cc1ccc(NC(=O)N2CCCN(C(=O)CCC3CC3)CC2)cc1C=C. The van der Waals surface area contributed by atoms with Gasteiger partial charge in [-0.1, -0.05) is 44.2 Å². The van der Waals surface area contributed by atoms with E-state index in [2.05, 4.69) is 18.5 Å². The van der Waals surface area contributed by atoms with Gasteiger partial charge in [0, 0.05) is 38.3 Å². The van der Waals surface area contributed by atoms with E-state index in [0.717, 1.165) is 42.1 Å². The molecule has 1 heterocycles. The van der Waals surface area contributed by atoms with E-state index in [1.54, 1.807) is 17.1 Å². The lowest BCUT2D eigenvalue weighted by Crippen LogP contribution is -2.39. The summed E-state index contributed by atoms with van der Waals surface area (Å²) in [6.45, 7) is 10.2. The van der Waals surface area contributed by atoms with Gasteiger partial charge in [0.25, 0.3) is 0 Å². The minimum Gasteiger partial charge on any atom is -0.341 e. The first-order chi connectivity index (χ1) is 13.1. The normalized spacial score (nSPS) is 17.2. The van der Waals surface area contributed by atoms with E-state index >= 15 is 0 Å². The van der Waals surface area contributed by atoms with Crippen LogP contribution < -0.4 is 5.32 Å². The molecule has 1 aromatic rings. The lowest BCUT2D eigenvalue weighted by atomic mass is 10.1. The van der Waals surface area contributed by atoms with Gasteiger partial charge in [-0.15, -0.1) is 0 Å². The summed E-state index contributed by atoms with van der Waals surface area (Å²) >= 11 is 0. The van der Waals surface area contributed by atoms with Crippen molar-refractivity contribution in [3.8, 4) is 0 Å². The number of carbonyl (C=O) groups excluding carboxylic acids is 2. The van der Waals surface area contributed by atoms with Crippen LogP contribution in [0.15, 0.2) is 31.4 Å². The van der Waals surface area contributed by atoms with Gasteiger partial charge < -0.3 is 15.1 Å². The fourth-order valence-corrected chi connectivity index (χ4v) is 3.48. The van der Waals surface area contributed by atoms with Crippen molar-refractivity contribution in [1.29, 1.82) is 0 Å². The molecule has 27 heavy (non-hydrogen) atoms. The second kappa shape index (κ2) is 8.89. The maximum absolute atomic E-state index is 12.6. The van der Waals surface area contributed by atoms with E-state index in [9.17, 15) is 9.59 Å². The van der Waals surface area contributed by atoms with Crippen molar-refractivity contribution in [2.45, 2.75) is 32.1 Å². The number of rotatable bonds is 6. The predicted molar refractivity (Wildman–Crippen MR) is 110 cm³/mol. The van der Waals surface area contributed by atoms with Gasteiger partial charge >= 0.3 is 6.03 Å². The summed E-state index contributed by atoms with van der Waals surface area (Å²) in [6.07, 6.45) is 8.57. The van der Waals surface area contributed by atoms with Gasteiger partial charge in [0.15, 0.2) is 0 Å². The summed E-state index contributed by atoms with van der Waals surface area (Å²) in [6, 6.07) is 5.56. The minimum atomic E-state index is -0.122. The van der Waals surface area contributed by atoms with Crippen LogP contribution in [-0.2, 0) is 4.79 Å². The zero-order valence-electron chi connectivity index (χ0n) is 16.0. The van der Waals surface area contributed by atoms with Crippen molar-refractivity contribution in [2.24, 2.45) is 5.92 Å². The van der Waals surface area contributed by atoms with Crippen LogP contribution in [0.3, 0.4) is 0 Å². The van der Waals surface area contributed by atoms with Crippen molar-refractivity contribution in [3.05, 3.63) is 42.5 Å². The minimum absolute atomic E-state index is 0.122. The van der Waals surface area contributed by atoms with Gasteiger partial charge in [-0.3, -0.25) is 4.79 Å². The summed E-state index contributed by atoms with van der Waals surface area (Å²) in [7, 11) is 0. The van der Waals surface area contributed by atoms with Crippen LogP contribution in [-0.4, -0.2) is 47.9 Å². The Kier molecular flexibility index (Phi) is 6.32. The molecule has 0 radical (unpaired) electrons. The molecule has 1 saturated carbocycles. The molecule has 1 saturated heterocycles. The summed E-state index contributed by atoms with van der Waals surface area (Å²) in [5.74, 6) is 1.01. The van der Waals surface area contributed by atoms with Crippen LogP contribution in [0.25, 0.3) is 12.2 Å². The monoisotopic (exact) mass is 367 g/mol. The highest BCUT2D eigenvalue weighted by Crippen LogP contribution is 2.33. The van der Waals surface area contributed by atoms with Crippen LogP contribution in [0, 0.1) is 5.92 Å². The van der Waals surface area contributed by atoms with Crippen LogP contribution in [0.4, 0.5) is 10.5 Å². The Morgan fingerprint density at radius 2 is 1.74 bits per heavy atom. The summed E-state index contributed by atoms with van der Waals surface area (Å²) in [5, 5.41) is 2.96. The number of nitrogens with zero attached hydrogens (tertiary/aromatic N) is 2. The molecule has 0 spiro atoms. The van der Waals surface area contributed by atoms with E-state index in [1.807, 2.05) is 23.1 Å². The van der Waals surface area contributed by atoms with Crippen molar-refractivity contribution in [2.75, 3.05) is 31.5 Å². The number of urea groups is 1. The molecule has 3 rings (SSSR count). The Labute approximate surface area is 161 Å². The molecule has 0 unspecified atom stereocenters. The van der Waals surface area contributed by atoms with Crippen LogP contribution in [0.5, 0.6) is 0 Å². The molecule has 1 aliphatic heterocycles. The Balaban J connectivity index is 1.53. The Morgan fingerprint density at radius 3 is 2.44 bits per heavy atom. The first-order valence-electron chi connectivity index (χ1n) is 9.83. The number of carbonyl (C=O) groups is 2. The summed E-state index contributed by atoms with van der Waals surface area (Å²) < 4.78 is 0. The molecule has 2 fully saturated rings. The summed E-state index contributed by atoms with van der Waals surface area (Å²) in [4.78, 5) is 28.7. The first kappa shape index (κ1) is 19.2. The van der Waals surface area contributed by atoms with Crippen LogP contribution >= 0.6 is 0 Å². The molecule has 144 valence electrons. The molecule has 5 heteroatoms. The third kappa shape index (κ3) is 5.22. The van der Waals surface area contributed by atoms with E-state index in [-0.39, 0.29) is 11.9 Å². The number of hydrogen-bond acceptors (Lipinski definition) is 2. The molecule has 0 aromatic heterocycles. The zero-order chi connectivity index (χ0) is 19.2. The molecule has 0 atom stereocenters. The fraction of sp³-hybridized carbons (Fsp3) is 0.455. The van der Waals surface area contributed by atoms with Crippen molar-refractivity contribution < 1.29 is 9.59 Å². The van der Waals surface area contributed by atoms with Crippen molar-refractivity contribution >= 4 is 29.8 Å². The highest BCUT2D eigenvalue weighted by molar-refractivity contribution is 5.90.